The van der Waals surface area contributed by atoms with Crippen molar-refractivity contribution >= 4 is 34.1 Å². The van der Waals surface area contributed by atoms with E-state index in [9.17, 15) is 9.90 Å². The molecule has 3 heterocycles. The highest BCUT2D eigenvalue weighted by atomic mass is 19.1. The lowest BCUT2D eigenvalue weighted by Crippen LogP contribution is -2.49. The Bertz CT molecular complexity index is 1250. The number of hydrogen-bond donors (Lipinski definition) is 3. The normalized spacial score (nSPS) is 19.5. The average Bonchev–Trinajstić information content (AvgIpc) is 2.79. The van der Waals surface area contributed by atoms with E-state index >= 15 is 4.39 Å². The number of benzene rings is 1. The van der Waals surface area contributed by atoms with Crippen LogP contribution in [0.4, 0.5) is 26.4 Å². The largest absolute Gasteiger partial charge is 0.474 e. The fraction of sp³-hybridized carbons (Fsp3) is 0.348. The standard InChI is InChI=1S/C23H24FN5O3/c1-11-3-4-17(11)29(23(30)31)18-8-13-7-14(19(24)20(25)16(13)10-27-18)15-9-28-22-21(12(15)2)26-5-6-32-22/h7-11,17,26H,3-6,25H2,1-2H3,(H,30,31)/t11-,17-/m1/s1. The van der Waals surface area contributed by atoms with Crippen LogP contribution >= 0.6 is 0 Å². The van der Waals surface area contributed by atoms with E-state index < -0.39 is 11.9 Å². The third kappa shape index (κ3) is 3.07. The van der Waals surface area contributed by atoms with Gasteiger partial charge in [-0.05, 0) is 48.8 Å². The maximum absolute atomic E-state index is 15.3. The predicted octanol–water partition coefficient (Wildman–Crippen LogP) is 4.41. The van der Waals surface area contributed by atoms with E-state index in [1.54, 1.807) is 18.3 Å². The van der Waals surface area contributed by atoms with Crippen molar-refractivity contribution in [3.63, 3.8) is 0 Å². The van der Waals surface area contributed by atoms with Crippen molar-refractivity contribution in [3.8, 4) is 17.0 Å². The summed E-state index contributed by atoms with van der Waals surface area (Å²) in [6, 6.07) is 3.22. The van der Waals surface area contributed by atoms with E-state index in [2.05, 4.69) is 15.3 Å². The number of pyridine rings is 2. The molecular formula is C23H24FN5O3. The fourth-order valence-corrected chi connectivity index (χ4v) is 4.55. The number of hydrogen-bond acceptors (Lipinski definition) is 6. The Balaban J connectivity index is 1.65. The van der Waals surface area contributed by atoms with Gasteiger partial charge in [-0.2, -0.15) is 0 Å². The molecule has 0 bridgehead atoms. The molecule has 2 atom stereocenters. The molecule has 5 rings (SSSR count). The van der Waals surface area contributed by atoms with E-state index in [0.29, 0.717) is 46.7 Å². The fourth-order valence-electron chi connectivity index (χ4n) is 4.55. The topological polar surface area (TPSA) is 114 Å². The molecule has 166 valence electrons. The van der Waals surface area contributed by atoms with Gasteiger partial charge in [-0.15, -0.1) is 0 Å². The molecule has 0 saturated heterocycles. The molecule has 2 aliphatic rings. The molecule has 2 aromatic heterocycles. The first-order valence-corrected chi connectivity index (χ1v) is 10.6. The van der Waals surface area contributed by atoms with Crippen molar-refractivity contribution < 1.29 is 19.0 Å². The van der Waals surface area contributed by atoms with Crippen molar-refractivity contribution in [3.05, 3.63) is 35.9 Å². The molecule has 8 nitrogen and oxygen atoms in total. The highest BCUT2D eigenvalue weighted by Crippen LogP contribution is 2.40. The van der Waals surface area contributed by atoms with Crippen molar-refractivity contribution in [2.24, 2.45) is 5.92 Å². The van der Waals surface area contributed by atoms with Gasteiger partial charge in [-0.1, -0.05) is 6.92 Å². The minimum Gasteiger partial charge on any atom is -0.474 e. The summed E-state index contributed by atoms with van der Waals surface area (Å²) in [4.78, 5) is 21.9. The van der Waals surface area contributed by atoms with Gasteiger partial charge in [0.05, 0.1) is 5.69 Å². The first-order valence-electron chi connectivity index (χ1n) is 10.6. The molecule has 1 saturated carbocycles. The van der Waals surface area contributed by atoms with E-state index in [1.807, 2.05) is 13.8 Å². The van der Waals surface area contributed by atoms with Gasteiger partial charge < -0.3 is 20.9 Å². The Kier molecular flexibility index (Phi) is 4.76. The summed E-state index contributed by atoms with van der Waals surface area (Å²) in [6.07, 6.45) is 3.74. The van der Waals surface area contributed by atoms with E-state index in [4.69, 9.17) is 10.5 Å². The summed E-state index contributed by atoms with van der Waals surface area (Å²) in [7, 11) is 0. The Labute approximate surface area is 184 Å². The van der Waals surface area contributed by atoms with Crippen molar-refractivity contribution in [2.45, 2.75) is 32.7 Å². The molecule has 1 amide bonds. The lowest BCUT2D eigenvalue weighted by Gasteiger charge is -2.40. The first-order chi connectivity index (χ1) is 15.4. The monoisotopic (exact) mass is 437 g/mol. The van der Waals surface area contributed by atoms with Gasteiger partial charge in [0.15, 0.2) is 5.82 Å². The number of rotatable bonds is 3. The lowest BCUT2D eigenvalue weighted by molar-refractivity contribution is 0.182. The molecule has 1 aromatic carbocycles. The third-order valence-corrected chi connectivity index (χ3v) is 6.58. The van der Waals surface area contributed by atoms with Crippen LogP contribution in [0.15, 0.2) is 24.5 Å². The smallest absolute Gasteiger partial charge is 0.413 e. The van der Waals surface area contributed by atoms with Gasteiger partial charge in [-0.3, -0.25) is 4.90 Å². The van der Waals surface area contributed by atoms with Gasteiger partial charge in [0.2, 0.25) is 5.88 Å². The van der Waals surface area contributed by atoms with Gasteiger partial charge in [0.1, 0.15) is 18.1 Å². The van der Waals surface area contributed by atoms with Crippen LogP contribution < -0.4 is 20.7 Å². The number of aromatic nitrogens is 2. The Morgan fingerprint density at radius 3 is 2.78 bits per heavy atom. The molecule has 1 fully saturated rings. The van der Waals surface area contributed by atoms with E-state index in [1.165, 1.54) is 11.1 Å². The molecule has 0 unspecified atom stereocenters. The SMILES string of the molecule is Cc1c(-c2cc3cc(N(C(=O)O)[C@@H]4CC[C@H]4C)ncc3c(N)c2F)cnc2c1NCCO2. The Morgan fingerprint density at radius 1 is 1.28 bits per heavy atom. The summed E-state index contributed by atoms with van der Waals surface area (Å²) in [5, 5.41) is 14.1. The summed E-state index contributed by atoms with van der Waals surface area (Å²) in [5.74, 6) is 0.506. The van der Waals surface area contributed by atoms with Crippen LogP contribution in [-0.2, 0) is 0 Å². The van der Waals surface area contributed by atoms with Crippen LogP contribution in [0.3, 0.4) is 0 Å². The number of carboxylic acid groups (broad SMARTS) is 1. The number of nitrogens with zero attached hydrogens (tertiary/aromatic N) is 3. The molecular weight excluding hydrogens is 413 g/mol. The highest BCUT2D eigenvalue weighted by Gasteiger charge is 2.37. The molecule has 0 radical (unpaired) electrons. The summed E-state index contributed by atoms with van der Waals surface area (Å²) < 4.78 is 20.9. The number of carbonyl (C=O) groups is 1. The zero-order chi connectivity index (χ0) is 22.6. The van der Waals surface area contributed by atoms with Crippen molar-refractivity contribution in [1.29, 1.82) is 0 Å². The minimum absolute atomic E-state index is 0.0308. The van der Waals surface area contributed by atoms with Crippen LogP contribution in [-0.4, -0.2) is 40.4 Å². The molecule has 1 aliphatic carbocycles. The maximum Gasteiger partial charge on any atom is 0.413 e. The maximum atomic E-state index is 15.3. The summed E-state index contributed by atoms with van der Waals surface area (Å²) in [5.41, 5.74) is 8.54. The van der Waals surface area contributed by atoms with Crippen LogP contribution in [0.5, 0.6) is 5.88 Å². The summed E-state index contributed by atoms with van der Waals surface area (Å²) >= 11 is 0. The van der Waals surface area contributed by atoms with Gasteiger partial charge in [0, 0.05) is 41.5 Å². The molecule has 0 spiro atoms. The number of halogens is 1. The molecule has 4 N–H and O–H groups in total. The minimum atomic E-state index is -1.05. The quantitative estimate of drug-likeness (QED) is 0.520. The lowest BCUT2D eigenvalue weighted by atomic mass is 9.80. The van der Waals surface area contributed by atoms with Crippen molar-refractivity contribution in [2.75, 3.05) is 29.1 Å². The third-order valence-electron chi connectivity index (χ3n) is 6.58. The highest BCUT2D eigenvalue weighted by molar-refractivity contribution is 5.99. The Morgan fingerprint density at radius 2 is 2.09 bits per heavy atom. The Hall–Kier alpha value is -3.62. The molecule has 1 aliphatic heterocycles. The van der Waals surface area contributed by atoms with Gasteiger partial charge in [0.25, 0.3) is 0 Å². The molecule has 9 heteroatoms. The number of nitrogen functional groups attached to an aromatic ring is 1. The summed E-state index contributed by atoms with van der Waals surface area (Å²) in [6.45, 7) is 5.06. The number of anilines is 3. The van der Waals surface area contributed by atoms with Crippen LogP contribution in [0, 0.1) is 18.7 Å². The first kappa shape index (κ1) is 20.3. The van der Waals surface area contributed by atoms with E-state index in [0.717, 1.165) is 24.1 Å². The van der Waals surface area contributed by atoms with Crippen LogP contribution in [0.2, 0.25) is 0 Å². The molecule has 32 heavy (non-hydrogen) atoms. The van der Waals surface area contributed by atoms with Crippen LogP contribution in [0.25, 0.3) is 21.9 Å². The van der Waals surface area contributed by atoms with Crippen molar-refractivity contribution in [1.82, 2.24) is 9.97 Å². The second-order valence-corrected chi connectivity index (χ2v) is 8.44. The number of fused-ring (bicyclic) bond motifs is 2. The second-order valence-electron chi connectivity index (χ2n) is 8.44. The van der Waals surface area contributed by atoms with Gasteiger partial charge >= 0.3 is 6.09 Å². The number of nitrogens with one attached hydrogen (secondary N) is 1. The van der Waals surface area contributed by atoms with Crippen LogP contribution in [0.1, 0.15) is 25.3 Å². The predicted molar refractivity (Wildman–Crippen MR) is 121 cm³/mol. The second kappa shape index (κ2) is 7.51. The zero-order valence-corrected chi connectivity index (χ0v) is 17.9. The van der Waals surface area contributed by atoms with E-state index in [-0.39, 0.29) is 17.6 Å². The number of ether oxygens (including phenoxy) is 1. The number of amides is 1. The zero-order valence-electron chi connectivity index (χ0n) is 17.9. The molecule has 3 aromatic rings. The average molecular weight is 437 g/mol. The van der Waals surface area contributed by atoms with Gasteiger partial charge in [-0.25, -0.2) is 19.2 Å². The number of nitrogens with two attached hydrogens (primary N) is 1.